The molecule has 6 nitrogen and oxygen atoms in total. The van der Waals surface area contributed by atoms with Gasteiger partial charge in [-0.2, -0.15) is 4.98 Å². The van der Waals surface area contributed by atoms with Gasteiger partial charge < -0.3 is 10.6 Å². The maximum Gasteiger partial charge on any atom is 0.229 e. The Balaban J connectivity index is 0.00000225. The van der Waals surface area contributed by atoms with Crippen LogP contribution < -0.4 is 10.6 Å². The second kappa shape index (κ2) is 8.04. The molecule has 0 spiro atoms. The van der Waals surface area contributed by atoms with E-state index < -0.39 is 0 Å². The van der Waals surface area contributed by atoms with E-state index >= 15 is 0 Å². The van der Waals surface area contributed by atoms with Crippen molar-refractivity contribution in [2.24, 2.45) is 0 Å². The quantitative estimate of drug-likeness (QED) is 0.468. The highest BCUT2D eigenvalue weighted by Crippen LogP contribution is 2.27. The van der Waals surface area contributed by atoms with Crippen LogP contribution >= 0.6 is 0 Å². The first-order chi connectivity index (χ1) is 13.1. The molecule has 7 heteroatoms. The number of nitrogens with zero attached hydrogens (tertiary/aromatic N) is 4. The lowest BCUT2D eigenvalue weighted by atomic mass is 10.3. The highest BCUT2D eigenvalue weighted by atomic mass is 19.1. The number of rotatable bonds is 5. The normalized spacial score (nSPS) is 10.7. The predicted octanol–water partition coefficient (Wildman–Crippen LogP) is 5.67. The second-order valence-electron chi connectivity index (χ2n) is 6.40. The Kier molecular flexibility index (Phi) is 5.54. The van der Waals surface area contributed by atoms with Crippen molar-refractivity contribution in [1.82, 2.24) is 19.5 Å². The van der Waals surface area contributed by atoms with Crippen LogP contribution in [0.15, 0.2) is 60.8 Å². The molecule has 2 aromatic heterocycles. The van der Waals surface area contributed by atoms with Crippen LogP contribution in [0.2, 0.25) is 0 Å². The van der Waals surface area contributed by atoms with Crippen molar-refractivity contribution in [3.63, 3.8) is 0 Å². The van der Waals surface area contributed by atoms with Crippen molar-refractivity contribution in [3.8, 4) is 0 Å². The predicted molar refractivity (Wildman–Crippen MR) is 112 cm³/mol. The summed E-state index contributed by atoms with van der Waals surface area (Å²) in [6.45, 7) is 4.06. The molecule has 0 bridgehead atoms. The standard InChI is InChI=1S/C20H19FN6.CH4/c1-13(2)27-18-17(25-20(27)24-16-11-7-6-10-15(16)21)12-22-19(26-18)23-14-8-4-3-5-9-14;/h3-13H,1-2H3,(H,24,25)(H,22,23,26);1H4. The number of hydrogen-bond donors (Lipinski definition) is 2. The van der Waals surface area contributed by atoms with Gasteiger partial charge in [0, 0.05) is 11.7 Å². The number of fused-ring (bicyclic) bond motifs is 1. The number of anilines is 4. The van der Waals surface area contributed by atoms with Crippen LogP contribution in [-0.2, 0) is 0 Å². The molecule has 4 rings (SSSR count). The Morgan fingerprint density at radius 1 is 0.929 bits per heavy atom. The van der Waals surface area contributed by atoms with Gasteiger partial charge in [-0.05, 0) is 38.1 Å². The summed E-state index contributed by atoms with van der Waals surface area (Å²) < 4.78 is 16.0. The zero-order chi connectivity index (χ0) is 18.8. The van der Waals surface area contributed by atoms with Crippen LogP contribution in [0.5, 0.6) is 0 Å². The van der Waals surface area contributed by atoms with Gasteiger partial charge in [-0.3, -0.25) is 4.57 Å². The molecule has 2 aromatic carbocycles. The lowest BCUT2D eigenvalue weighted by Crippen LogP contribution is -2.08. The van der Waals surface area contributed by atoms with Gasteiger partial charge in [0.2, 0.25) is 11.9 Å². The molecular formula is C21H23FN6. The molecule has 2 heterocycles. The summed E-state index contributed by atoms with van der Waals surface area (Å²) in [4.78, 5) is 13.5. The lowest BCUT2D eigenvalue weighted by Gasteiger charge is -2.14. The first kappa shape index (κ1) is 19.3. The molecule has 0 fully saturated rings. The number of nitrogens with one attached hydrogen (secondary N) is 2. The Morgan fingerprint density at radius 3 is 2.36 bits per heavy atom. The van der Waals surface area contributed by atoms with Crippen LogP contribution in [0.1, 0.15) is 27.3 Å². The van der Waals surface area contributed by atoms with Crippen LogP contribution in [0, 0.1) is 5.82 Å². The Morgan fingerprint density at radius 2 is 1.64 bits per heavy atom. The van der Waals surface area contributed by atoms with Crippen LogP contribution in [0.25, 0.3) is 11.2 Å². The summed E-state index contributed by atoms with van der Waals surface area (Å²) in [5.41, 5.74) is 2.58. The van der Waals surface area contributed by atoms with Crippen molar-refractivity contribution < 1.29 is 4.39 Å². The Labute approximate surface area is 163 Å². The molecule has 0 aliphatic rings. The molecule has 0 aliphatic heterocycles. The third-order valence-electron chi connectivity index (χ3n) is 4.10. The number of para-hydroxylation sites is 2. The summed E-state index contributed by atoms with van der Waals surface area (Å²) in [5.74, 6) is 0.668. The van der Waals surface area contributed by atoms with E-state index in [-0.39, 0.29) is 19.3 Å². The maximum atomic E-state index is 14.0. The minimum Gasteiger partial charge on any atom is -0.324 e. The van der Waals surface area contributed by atoms with E-state index in [9.17, 15) is 4.39 Å². The molecular weight excluding hydrogens is 355 g/mol. The smallest absolute Gasteiger partial charge is 0.229 e. The fourth-order valence-electron chi connectivity index (χ4n) is 2.86. The Bertz CT molecular complexity index is 1070. The van der Waals surface area contributed by atoms with E-state index in [1.807, 2.05) is 48.7 Å². The molecule has 0 saturated heterocycles. The lowest BCUT2D eigenvalue weighted by molar-refractivity contribution is 0.615. The minimum atomic E-state index is -0.336. The summed E-state index contributed by atoms with van der Waals surface area (Å²) in [7, 11) is 0. The number of imidazole rings is 1. The summed E-state index contributed by atoms with van der Waals surface area (Å²) >= 11 is 0. The van der Waals surface area contributed by atoms with E-state index in [1.54, 1.807) is 24.4 Å². The molecule has 0 saturated carbocycles. The van der Waals surface area contributed by atoms with Gasteiger partial charge in [-0.15, -0.1) is 0 Å². The summed E-state index contributed by atoms with van der Waals surface area (Å²) in [5, 5.41) is 6.26. The van der Waals surface area contributed by atoms with E-state index in [2.05, 4.69) is 25.6 Å². The highest BCUT2D eigenvalue weighted by molar-refractivity contribution is 5.77. The summed E-state index contributed by atoms with van der Waals surface area (Å²) in [6, 6.07) is 16.3. The molecule has 0 aliphatic carbocycles. The van der Waals surface area contributed by atoms with Crippen molar-refractivity contribution >= 4 is 34.4 Å². The van der Waals surface area contributed by atoms with Crippen LogP contribution in [0.3, 0.4) is 0 Å². The van der Waals surface area contributed by atoms with Crippen molar-refractivity contribution in [3.05, 3.63) is 66.6 Å². The third kappa shape index (κ3) is 3.78. The molecule has 144 valence electrons. The van der Waals surface area contributed by atoms with Gasteiger partial charge in [0.1, 0.15) is 11.3 Å². The topological polar surface area (TPSA) is 67.7 Å². The molecule has 28 heavy (non-hydrogen) atoms. The fourth-order valence-corrected chi connectivity index (χ4v) is 2.86. The molecule has 0 radical (unpaired) electrons. The van der Waals surface area contributed by atoms with Gasteiger partial charge in [0.05, 0.1) is 11.9 Å². The van der Waals surface area contributed by atoms with E-state index in [1.165, 1.54) is 6.07 Å². The molecule has 0 amide bonds. The summed E-state index contributed by atoms with van der Waals surface area (Å²) in [6.07, 6.45) is 1.67. The van der Waals surface area contributed by atoms with Crippen LogP contribution in [0.4, 0.5) is 27.7 Å². The Hall–Kier alpha value is -3.48. The largest absolute Gasteiger partial charge is 0.324 e. The first-order valence-electron chi connectivity index (χ1n) is 8.70. The molecule has 0 atom stereocenters. The first-order valence-corrected chi connectivity index (χ1v) is 8.70. The van der Waals surface area contributed by atoms with Gasteiger partial charge in [0.15, 0.2) is 5.65 Å². The fraction of sp³-hybridized carbons (Fsp3) is 0.190. The number of benzene rings is 2. The van der Waals surface area contributed by atoms with Crippen LogP contribution in [-0.4, -0.2) is 19.5 Å². The molecule has 4 aromatic rings. The highest BCUT2D eigenvalue weighted by Gasteiger charge is 2.17. The monoisotopic (exact) mass is 378 g/mol. The number of hydrogen-bond acceptors (Lipinski definition) is 5. The molecule has 2 N–H and O–H groups in total. The van der Waals surface area contributed by atoms with E-state index in [0.717, 1.165) is 5.69 Å². The third-order valence-corrected chi connectivity index (χ3v) is 4.10. The van der Waals surface area contributed by atoms with Crippen molar-refractivity contribution in [2.75, 3.05) is 10.6 Å². The van der Waals surface area contributed by atoms with E-state index in [4.69, 9.17) is 0 Å². The number of aromatic nitrogens is 4. The zero-order valence-electron chi connectivity index (χ0n) is 15.0. The van der Waals surface area contributed by atoms with Gasteiger partial charge in [-0.25, -0.2) is 14.4 Å². The number of halogens is 1. The minimum absolute atomic E-state index is 0. The van der Waals surface area contributed by atoms with Gasteiger partial charge in [0.25, 0.3) is 0 Å². The zero-order valence-corrected chi connectivity index (χ0v) is 15.0. The maximum absolute atomic E-state index is 14.0. The second-order valence-corrected chi connectivity index (χ2v) is 6.40. The SMILES string of the molecule is C.CC(C)n1c(Nc2ccccc2F)nc2cnc(Nc3ccccc3)nc21. The average molecular weight is 378 g/mol. The van der Waals surface area contributed by atoms with E-state index in [0.29, 0.717) is 28.7 Å². The average Bonchev–Trinajstić information content (AvgIpc) is 3.02. The van der Waals surface area contributed by atoms with Crippen molar-refractivity contribution in [2.45, 2.75) is 27.3 Å². The van der Waals surface area contributed by atoms with Gasteiger partial charge in [-0.1, -0.05) is 37.8 Å². The van der Waals surface area contributed by atoms with Crippen molar-refractivity contribution in [1.29, 1.82) is 0 Å². The van der Waals surface area contributed by atoms with Gasteiger partial charge >= 0.3 is 0 Å². The molecule has 0 unspecified atom stereocenters.